The summed E-state index contributed by atoms with van der Waals surface area (Å²) in [4.78, 5) is 4.74. The molecule has 1 heterocycles. The Hall–Kier alpha value is -1.89. The number of hydrogen-bond acceptors (Lipinski definition) is 1. The monoisotopic (exact) mass is 221 g/mol. The van der Waals surface area contributed by atoms with Crippen LogP contribution >= 0.6 is 0 Å². The van der Waals surface area contributed by atoms with Gasteiger partial charge in [0.2, 0.25) is 0 Å². The molecule has 84 valence electrons. The van der Waals surface area contributed by atoms with E-state index in [1.54, 1.807) is 0 Å². The van der Waals surface area contributed by atoms with Crippen molar-refractivity contribution in [3.8, 4) is 0 Å². The van der Waals surface area contributed by atoms with Crippen LogP contribution in [0.3, 0.4) is 0 Å². The van der Waals surface area contributed by atoms with Crippen molar-refractivity contribution >= 4 is 11.4 Å². The first kappa shape index (κ1) is 10.3. The van der Waals surface area contributed by atoms with Crippen LogP contribution in [-0.2, 0) is 6.42 Å². The zero-order valence-corrected chi connectivity index (χ0v) is 10.2. The minimum atomic E-state index is 0.959. The van der Waals surface area contributed by atoms with E-state index in [2.05, 4.69) is 50.2 Å². The molecule has 0 N–H and O–H groups in total. The van der Waals surface area contributed by atoms with Crippen LogP contribution in [0, 0.1) is 13.8 Å². The Morgan fingerprint density at radius 1 is 1.00 bits per heavy atom. The predicted octanol–water partition coefficient (Wildman–Crippen LogP) is 3.98. The van der Waals surface area contributed by atoms with Crippen molar-refractivity contribution in [2.45, 2.75) is 20.3 Å². The molecule has 0 unspecified atom stereocenters. The fraction of sp³-hybridized carbons (Fsp3) is 0.188. The Bertz CT molecular complexity index is 609. The number of aliphatic imine (C=N–C) groups is 1. The Labute approximate surface area is 102 Å². The van der Waals surface area contributed by atoms with Gasteiger partial charge in [0, 0.05) is 6.42 Å². The smallest absolute Gasteiger partial charge is 0.0669 e. The van der Waals surface area contributed by atoms with E-state index in [4.69, 9.17) is 4.99 Å². The third kappa shape index (κ3) is 1.78. The van der Waals surface area contributed by atoms with Gasteiger partial charge in [-0.15, -0.1) is 0 Å². The molecule has 0 saturated carbocycles. The largest absolute Gasteiger partial charge is 0.252 e. The average molecular weight is 221 g/mol. The number of hydrogen-bond donors (Lipinski definition) is 0. The van der Waals surface area contributed by atoms with E-state index in [0.717, 1.165) is 12.1 Å². The normalized spacial score (nSPS) is 13.4. The lowest BCUT2D eigenvalue weighted by molar-refractivity contribution is 1.33. The van der Waals surface area contributed by atoms with Gasteiger partial charge in [0.25, 0.3) is 0 Å². The highest BCUT2D eigenvalue weighted by atomic mass is 14.8. The molecular weight excluding hydrogens is 206 g/mol. The van der Waals surface area contributed by atoms with Gasteiger partial charge in [-0.3, -0.25) is 4.99 Å². The molecule has 2 aromatic rings. The molecule has 0 atom stereocenters. The molecule has 1 aliphatic heterocycles. The lowest BCUT2D eigenvalue weighted by Crippen LogP contribution is -2.03. The van der Waals surface area contributed by atoms with Crippen molar-refractivity contribution in [3.63, 3.8) is 0 Å². The predicted molar refractivity (Wildman–Crippen MR) is 72.3 cm³/mol. The zero-order chi connectivity index (χ0) is 11.8. The number of benzene rings is 2. The first-order chi connectivity index (χ1) is 8.24. The van der Waals surface area contributed by atoms with E-state index in [0.29, 0.717) is 0 Å². The number of aryl methyl sites for hydroxylation is 2. The third-order valence-corrected chi connectivity index (χ3v) is 3.31. The summed E-state index contributed by atoms with van der Waals surface area (Å²) in [7, 11) is 0. The van der Waals surface area contributed by atoms with Gasteiger partial charge in [0.1, 0.15) is 0 Å². The highest BCUT2D eigenvalue weighted by Gasteiger charge is 2.16. The van der Waals surface area contributed by atoms with Crippen molar-refractivity contribution in [2.75, 3.05) is 0 Å². The molecule has 0 aliphatic carbocycles. The lowest BCUT2D eigenvalue weighted by Gasteiger charge is -2.06. The van der Waals surface area contributed by atoms with Gasteiger partial charge in [-0.2, -0.15) is 0 Å². The maximum atomic E-state index is 4.74. The van der Waals surface area contributed by atoms with Gasteiger partial charge in [0.05, 0.1) is 11.4 Å². The first-order valence-corrected chi connectivity index (χ1v) is 5.97. The van der Waals surface area contributed by atoms with E-state index < -0.39 is 0 Å². The number of nitrogens with zero attached hydrogens (tertiary/aromatic N) is 1. The van der Waals surface area contributed by atoms with Crippen LogP contribution in [0.2, 0.25) is 0 Å². The number of rotatable bonds is 1. The summed E-state index contributed by atoms with van der Waals surface area (Å²) < 4.78 is 0. The number of fused-ring (bicyclic) bond motifs is 1. The summed E-state index contributed by atoms with van der Waals surface area (Å²) in [5.74, 6) is 0. The van der Waals surface area contributed by atoms with E-state index in [9.17, 15) is 0 Å². The highest BCUT2D eigenvalue weighted by molar-refractivity contribution is 6.07. The van der Waals surface area contributed by atoms with Crippen LogP contribution < -0.4 is 0 Å². The van der Waals surface area contributed by atoms with Crippen LogP contribution in [0.25, 0.3) is 0 Å². The summed E-state index contributed by atoms with van der Waals surface area (Å²) in [5, 5.41) is 0. The van der Waals surface area contributed by atoms with E-state index in [1.165, 1.54) is 28.0 Å². The Morgan fingerprint density at radius 3 is 2.65 bits per heavy atom. The van der Waals surface area contributed by atoms with E-state index in [-0.39, 0.29) is 0 Å². The van der Waals surface area contributed by atoms with E-state index >= 15 is 0 Å². The van der Waals surface area contributed by atoms with Crippen molar-refractivity contribution < 1.29 is 0 Å². The molecule has 0 amide bonds. The maximum Gasteiger partial charge on any atom is 0.0669 e. The minimum absolute atomic E-state index is 0.959. The second-order valence-corrected chi connectivity index (χ2v) is 4.68. The van der Waals surface area contributed by atoms with Crippen LogP contribution in [0.1, 0.15) is 22.3 Å². The summed E-state index contributed by atoms with van der Waals surface area (Å²) in [5.41, 5.74) is 7.56. The van der Waals surface area contributed by atoms with Crippen molar-refractivity contribution in [1.29, 1.82) is 0 Å². The van der Waals surface area contributed by atoms with Gasteiger partial charge < -0.3 is 0 Å². The SMILES string of the molecule is Cc1ccc(C)c(C2=Nc3ccccc3C2)c1. The van der Waals surface area contributed by atoms with Gasteiger partial charge in [-0.05, 0) is 42.7 Å². The molecule has 17 heavy (non-hydrogen) atoms. The molecule has 0 spiro atoms. The highest BCUT2D eigenvalue weighted by Crippen LogP contribution is 2.29. The van der Waals surface area contributed by atoms with Crippen LogP contribution in [0.5, 0.6) is 0 Å². The summed E-state index contributed by atoms with van der Waals surface area (Å²) in [6, 6.07) is 15.0. The Balaban J connectivity index is 2.06. The Kier molecular flexibility index (Phi) is 2.32. The fourth-order valence-electron chi connectivity index (χ4n) is 2.34. The van der Waals surface area contributed by atoms with Crippen molar-refractivity contribution in [3.05, 3.63) is 64.7 Å². The molecule has 0 radical (unpaired) electrons. The Morgan fingerprint density at radius 2 is 1.82 bits per heavy atom. The van der Waals surface area contributed by atoms with E-state index in [1.807, 2.05) is 6.07 Å². The van der Waals surface area contributed by atoms with Crippen LogP contribution in [-0.4, -0.2) is 5.71 Å². The first-order valence-electron chi connectivity index (χ1n) is 5.97. The summed E-state index contributed by atoms with van der Waals surface area (Å²) in [6.07, 6.45) is 0.959. The summed E-state index contributed by atoms with van der Waals surface area (Å²) >= 11 is 0. The van der Waals surface area contributed by atoms with Crippen molar-refractivity contribution in [1.82, 2.24) is 0 Å². The summed E-state index contributed by atoms with van der Waals surface area (Å²) in [6.45, 7) is 4.28. The standard InChI is InChI=1S/C16H15N/c1-11-7-8-12(2)14(9-11)16-10-13-5-3-4-6-15(13)17-16/h3-9H,10H2,1-2H3. The van der Waals surface area contributed by atoms with Crippen LogP contribution in [0.15, 0.2) is 47.5 Å². The van der Waals surface area contributed by atoms with Crippen LogP contribution in [0.4, 0.5) is 5.69 Å². The molecule has 0 bridgehead atoms. The number of para-hydroxylation sites is 1. The average Bonchev–Trinajstić information content (AvgIpc) is 2.75. The molecule has 1 heteroatoms. The molecule has 1 aliphatic rings. The molecule has 3 rings (SSSR count). The second-order valence-electron chi connectivity index (χ2n) is 4.68. The molecule has 0 fully saturated rings. The molecule has 0 aromatic heterocycles. The van der Waals surface area contributed by atoms with Gasteiger partial charge in [0.15, 0.2) is 0 Å². The third-order valence-electron chi connectivity index (χ3n) is 3.31. The molecule has 2 aromatic carbocycles. The quantitative estimate of drug-likeness (QED) is 0.690. The van der Waals surface area contributed by atoms with Gasteiger partial charge >= 0.3 is 0 Å². The minimum Gasteiger partial charge on any atom is -0.252 e. The zero-order valence-electron chi connectivity index (χ0n) is 10.2. The second kappa shape index (κ2) is 3.85. The molecule has 1 nitrogen and oxygen atoms in total. The molecular formula is C16H15N. The van der Waals surface area contributed by atoms with Gasteiger partial charge in [-0.25, -0.2) is 0 Å². The maximum absolute atomic E-state index is 4.74. The topological polar surface area (TPSA) is 12.4 Å². The fourth-order valence-corrected chi connectivity index (χ4v) is 2.34. The molecule has 0 saturated heterocycles. The van der Waals surface area contributed by atoms with Gasteiger partial charge in [-0.1, -0.05) is 35.9 Å². The van der Waals surface area contributed by atoms with Crippen molar-refractivity contribution in [2.24, 2.45) is 4.99 Å². The lowest BCUT2D eigenvalue weighted by atomic mass is 9.98.